The first kappa shape index (κ1) is 22.8. The number of carbonyl (C=O) groups is 2. The van der Waals surface area contributed by atoms with Crippen LogP contribution in [-0.2, 0) is 12.8 Å². The van der Waals surface area contributed by atoms with Crippen molar-refractivity contribution in [1.82, 2.24) is 15.5 Å². The lowest BCUT2D eigenvalue weighted by molar-refractivity contribution is -0.138. The highest BCUT2D eigenvalue weighted by molar-refractivity contribution is 6.09. The highest BCUT2D eigenvalue weighted by Gasteiger charge is 2.33. The van der Waals surface area contributed by atoms with Crippen LogP contribution in [0.1, 0.15) is 21.5 Å². The molecule has 0 bridgehead atoms. The van der Waals surface area contributed by atoms with Crippen molar-refractivity contribution < 1.29 is 31.9 Å². The molecule has 3 aromatic carbocycles. The summed E-state index contributed by atoms with van der Waals surface area (Å²) in [6, 6.07) is 14.2. The summed E-state index contributed by atoms with van der Waals surface area (Å²) in [6.07, 6.45) is -4.74. The van der Waals surface area contributed by atoms with Gasteiger partial charge >= 0.3 is 12.2 Å². The maximum atomic E-state index is 13.3. The number of hydrogen-bond acceptors (Lipinski definition) is 4. The van der Waals surface area contributed by atoms with Gasteiger partial charge in [-0.25, -0.2) is 9.18 Å². The van der Waals surface area contributed by atoms with E-state index >= 15 is 0 Å². The summed E-state index contributed by atoms with van der Waals surface area (Å²) >= 11 is 0. The monoisotopic (exact) mass is 472 g/mol. The van der Waals surface area contributed by atoms with Crippen LogP contribution in [0.2, 0.25) is 0 Å². The van der Waals surface area contributed by atoms with Crippen molar-refractivity contribution >= 4 is 28.7 Å². The smallest absolute Gasteiger partial charge is 0.416 e. The molecule has 11 heteroatoms. The van der Waals surface area contributed by atoms with Crippen LogP contribution >= 0.6 is 0 Å². The maximum Gasteiger partial charge on any atom is 0.416 e. The average Bonchev–Trinajstić information content (AvgIpc) is 3.20. The lowest BCUT2D eigenvalue weighted by Gasteiger charge is -2.14. The number of rotatable bonds is 5. The molecule has 0 fully saturated rings. The van der Waals surface area contributed by atoms with E-state index in [0.29, 0.717) is 22.5 Å². The number of urea groups is 1. The number of nitrogens with one attached hydrogen (secondary N) is 3. The fourth-order valence-electron chi connectivity index (χ4n) is 3.18. The molecule has 174 valence electrons. The molecule has 0 atom stereocenters. The largest absolute Gasteiger partial charge is 0.489 e. The van der Waals surface area contributed by atoms with Gasteiger partial charge in [0.25, 0.3) is 5.91 Å². The zero-order valence-electron chi connectivity index (χ0n) is 17.2. The molecule has 0 radical (unpaired) electrons. The second-order valence-electron chi connectivity index (χ2n) is 7.14. The van der Waals surface area contributed by atoms with Crippen molar-refractivity contribution in [3.8, 4) is 5.75 Å². The van der Waals surface area contributed by atoms with E-state index in [1.165, 1.54) is 12.1 Å². The number of H-pyrrole nitrogens is 1. The summed E-state index contributed by atoms with van der Waals surface area (Å²) < 4.78 is 58.3. The van der Waals surface area contributed by atoms with Crippen LogP contribution in [-0.4, -0.2) is 22.1 Å². The van der Waals surface area contributed by atoms with Crippen LogP contribution in [0.5, 0.6) is 5.75 Å². The Labute approximate surface area is 189 Å². The fraction of sp³-hybridized carbons (Fsp3) is 0.0870. The van der Waals surface area contributed by atoms with Gasteiger partial charge in [0.05, 0.1) is 11.1 Å². The van der Waals surface area contributed by atoms with E-state index in [4.69, 9.17) is 4.74 Å². The third-order valence-electron chi connectivity index (χ3n) is 4.80. The van der Waals surface area contributed by atoms with Gasteiger partial charge in [-0.15, -0.1) is 0 Å². The molecule has 0 aliphatic carbocycles. The topological polar surface area (TPSA) is 96.1 Å². The van der Waals surface area contributed by atoms with Gasteiger partial charge < -0.3 is 4.74 Å². The van der Waals surface area contributed by atoms with Gasteiger partial charge in [0.15, 0.2) is 5.82 Å². The highest BCUT2D eigenvalue weighted by Crippen LogP contribution is 2.33. The average molecular weight is 472 g/mol. The number of fused-ring (bicyclic) bond motifs is 1. The van der Waals surface area contributed by atoms with E-state index in [-0.39, 0.29) is 17.1 Å². The number of halogens is 4. The lowest BCUT2D eigenvalue weighted by Crippen LogP contribution is -2.34. The molecule has 0 saturated heterocycles. The standard InChI is InChI=1S/C23H16F4N4O3/c24-15-7-6-14(18(10-15)23(25,26)27)12-34-16-8-9-19-17(11-16)20(31-30-19)28-22(33)29-21(32)13-4-2-1-3-5-13/h1-11H,12H2,(H3,28,29,30,31,32,33). The molecular formula is C23H16F4N4O3. The molecule has 0 saturated carbocycles. The first-order chi connectivity index (χ1) is 16.2. The Morgan fingerprint density at radius 2 is 1.76 bits per heavy atom. The third-order valence-corrected chi connectivity index (χ3v) is 4.80. The number of aromatic amines is 1. The minimum atomic E-state index is -4.74. The number of ether oxygens (including phenoxy) is 1. The zero-order chi connectivity index (χ0) is 24.3. The number of alkyl halides is 3. The Kier molecular flexibility index (Phi) is 6.17. The minimum Gasteiger partial charge on any atom is -0.489 e. The van der Waals surface area contributed by atoms with Crippen molar-refractivity contribution in [2.24, 2.45) is 0 Å². The molecule has 0 aliphatic heterocycles. The Morgan fingerprint density at radius 3 is 2.50 bits per heavy atom. The SMILES string of the molecule is O=C(NC(=O)c1ccccc1)Nc1n[nH]c2ccc(OCc3ccc(F)cc3C(F)(F)F)cc12. The molecule has 1 aromatic heterocycles. The quantitative estimate of drug-likeness (QED) is 0.345. The van der Waals surface area contributed by atoms with E-state index in [1.807, 2.05) is 0 Å². The van der Waals surface area contributed by atoms with Crippen LogP contribution in [0.15, 0.2) is 66.7 Å². The number of aromatic nitrogens is 2. The zero-order valence-corrected chi connectivity index (χ0v) is 17.2. The van der Waals surface area contributed by atoms with Crippen molar-refractivity contribution in [2.45, 2.75) is 12.8 Å². The summed E-state index contributed by atoms with van der Waals surface area (Å²) in [4.78, 5) is 24.3. The summed E-state index contributed by atoms with van der Waals surface area (Å²) in [5.74, 6) is -1.34. The normalized spacial score (nSPS) is 11.3. The van der Waals surface area contributed by atoms with Crippen molar-refractivity contribution in [1.29, 1.82) is 0 Å². The summed E-state index contributed by atoms with van der Waals surface area (Å²) in [7, 11) is 0. The van der Waals surface area contributed by atoms with Crippen molar-refractivity contribution in [3.05, 3.63) is 89.2 Å². The Hall–Kier alpha value is -4.41. The lowest BCUT2D eigenvalue weighted by atomic mass is 10.1. The van der Waals surface area contributed by atoms with E-state index in [2.05, 4.69) is 20.8 Å². The molecule has 3 amide bonds. The van der Waals surface area contributed by atoms with E-state index in [1.54, 1.807) is 36.4 Å². The van der Waals surface area contributed by atoms with Crippen LogP contribution in [0, 0.1) is 5.82 Å². The van der Waals surface area contributed by atoms with Crippen molar-refractivity contribution in [2.75, 3.05) is 5.32 Å². The maximum absolute atomic E-state index is 13.3. The molecule has 34 heavy (non-hydrogen) atoms. The van der Waals surface area contributed by atoms with E-state index < -0.39 is 36.1 Å². The second kappa shape index (κ2) is 9.22. The van der Waals surface area contributed by atoms with Crippen LogP contribution in [0.25, 0.3) is 10.9 Å². The van der Waals surface area contributed by atoms with Crippen LogP contribution < -0.4 is 15.4 Å². The first-order valence-electron chi connectivity index (χ1n) is 9.84. The van der Waals surface area contributed by atoms with Crippen molar-refractivity contribution in [3.63, 3.8) is 0 Å². The molecule has 1 heterocycles. The molecular weight excluding hydrogens is 456 g/mol. The summed E-state index contributed by atoms with van der Waals surface area (Å²) in [5, 5.41) is 11.7. The van der Waals surface area contributed by atoms with Gasteiger partial charge in [-0.2, -0.15) is 18.3 Å². The number of carbonyl (C=O) groups excluding carboxylic acids is 2. The Balaban J connectivity index is 1.48. The number of hydrogen-bond donors (Lipinski definition) is 3. The molecule has 0 spiro atoms. The number of amides is 3. The first-order valence-corrected chi connectivity index (χ1v) is 9.84. The predicted molar refractivity (Wildman–Crippen MR) is 115 cm³/mol. The third kappa shape index (κ3) is 5.14. The molecule has 7 nitrogen and oxygen atoms in total. The number of nitrogens with zero attached hydrogens (tertiary/aromatic N) is 1. The number of imide groups is 1. The van der Waals surface area contributed by atoms with Gasteiger partial charge in [-0.3, -0.25) is 20.5 Å². The molecule has 3 N–H and O–H groups in total. The van der Waals surface area contributed by atoms with Gasteiger partial charge in [-0.1, -0.05) is 24.3 Å². The molecule has 0 unspecified atom stereocenters. The summed E-state index contributed by atoms with van der Waals surface area (Å²) in [5.41, 5.74) is -0.564. The van der Waals surface area contributed by atoms with Gasteiger partial charge in [0, 0.05) is 16.5 Å². The number of benzene rings is 3. The van der Waals surface area contributed by atoms with Gasteiger partial charge in [0.1, 0.15) is 18.2 Å². The van der Waals surface area contributed by atoms with E-state index in [0.717, 1.165) is 12.1 Å². The van der Waals surface area contributed by atoms with Crippen LogP contribution in [0.3, 0.4) is 0 Å². The Morgan fingerprint density at radius 1 is 1.00 bits per heavy atom. The highest BCUT2D eigenvalue weighted by atomic mass is 19.4. The molecule has 0 aliphatic rings. The van der Waals surface area contributed by atoms with Gasteiger partial charge in [-0.05, 0) is 42.5 Å². The second-order valence-corrected chi connectivity index (χ2v) is 7.14. The fourth-order valence-corrected chi connectivity index (χ4v) is 3.18. The van der Waals surface area contributed by atoms with E-state index in [9.17, 15) is 27.2 Å². The Bertz CT molecular complexity index is 1350. The summed E-state index contributed by atoms with van der Waals surface area (Å²) in [6.45, 7) is -0.465. The van der Waals surface area contributed by atoms with Crippen LogP contribution in [0.4, 0.5) is 28.2 Å². The predicted octanol–water partition coefficient (Wildman–Crippen LogP) is 5.26. The van der Waals surface area contributed by atoms with Gasteiger partial charge in [0.2, 0.25) is 0 Å². The molecule has 4 aromatic rings. The molecule has 4 rings (SSSR count). The number of anilines is 1. The minimum absolute atomic E-state index is 0.0802.